The van der Waals surface area contributed by atoms with E-state index in [1.54, 1.807) is 0 Å². The predicted octanol–water partition coefficient (Wildman–Crippen LogP) is 11.6. The van der Waals surface area contributed by atoms with E-state index in [0.717, 1.165) is 0 Å². The van der Waals surface area contributed by atoms with Gasteiger partial charge in [0.1, 0.15) is 0 Å². The zero-order valence-electron chi connectivity index (χ0n) is 29.2. The normalized spacial score (nSPS) is 14.5. The molecule has 12 rings (SSSR count). The van der Waals surface area contributed by atoms with Crippen LogP contribution in [-0.4, -0.2) is 13.3 Å². The van der Waals surface area contributed by atoms with Crippen LogP contribution in [-0.2, 0) is 0 Å². The Morgan fingerprint density at radius 2 is 0.547 bits per heavy atom. The van der Waals surface area contributed by atoms with Gasteiger partial charge in [0.2, 0.25) is 0 Å². The van der Waals surface area contributed by atoms with E-state index in [-0.39, 0.29) is 0 Å². The quantitative estimate of drug-likeness (QED) is 0.167. The average molecular weight is 736 g/mol. The zero-order chi connectivity index (χ0) is 34.8. The SMILES string of the molecule is [CH3][Ge]12[c]3c4cccc3N(c3ccc5ccccc5c3)c3cccc([c]31)N(c1ccc3ccccc3c1)c1cccc([c]12)N4c1ccc2ccccc2c1. The summed E-state index contributed by atoms with van der Waals surface area (Å²) in [6, 6.07) is 68.1. The molecule has 0 spiro atoms. The summed E-state index contributed by atoms with van der Waals surface area (Å²) < 4.78 is 4.56. The van der Waals surface area contributed by atoms with Gasteiger partial charge in [-0.2, -0.15) is 0 Å². The summed E-state index contributed by atoms with van der Waals surface area (Å²) in [5, 5.41) is 7.51. The molecule has 3 heterocycles. The van der Waals surface area contributed by atoms with Gasteiger partial charge in [0, 0.05) is 0 Å². The molecule has 248 valence electrons. The van der Waals surface area contributed by atoms with E-state index in [4.69, 9.17) is 0 Å². The van der Waals surface area contributed by atoms with Crippen molar-refractivity contribution >= 4 is 110 Å². The van der Waals surface area contributed by atoms with Crippen LogP contribution >= 0.6 is 0 Å². The summed E-state index contributed by atoms with van der Waals surface area (Å²) in [5.74, 6) is 2.67. The molecule has 53 heavy (non-hydrogen) atoms. The van der Waals surface area contributed by atoms with Crippen molar-refractivity contribution in [3.63, 3.8) is 0 Å². The number of fused-ring (bicyclic) bond motifs is 3. The van der Waals surface area contributed by atoms with E-state index in [9.17, 15) is 0 Å². The Bertz CT molecular complexity index is 2630. The minimum absolute atomic E-state index is 1.19. The Morgan fingerprint density at radius 3 is 0.830 bits per heavy atom. The molecule has 0 aromatic heterocycles. The molecular formula is C49H33GeN3. The molecular weight excluding hydrogens is 703 g/mol. The van der Waals surface area contributed by atoms with Crippen molar-refractivity contribution in [2.24, 2.45) is 0 Å². The van der Waals surface area contributed by atoms with E-state index in [0.29, 0.717) is 0 Å². The van der Waals surface area contributed by atoms with E-state index in [1.807, 2.05) is 0 Å². The Balaban J connectivity index is 1.21. The second-order valence-corrected chi connectivity index (χ2v) is 22.6. The molecule has 4 heteroatoms. The first kappa shape index (κ1) is 29.3. The van der Waals surface area contributed by atoms with Crippen LogP contribution < -0.4 is 27.9 Å². The molecule has 0 saturated carbocycles. The van der Waals surface area contributed by atoms with E-state index < -0.39 is 13.3 Å². The molecule has 9 aromatic carbocycles. The topological polar surface area (TPSA) is 9.72 Å². The van der Waals surface area contributed by atoms with Gasteiger partial charge < -0.3 is 0 Å². The Labute approximate surface area is 310 Å². The van der Waals surface area contributed by atoms with Crippen molar-refractivity contribution in [3.05, 3.63) is 182 Å². The maximum atomic E-state index is 2.67. The Morgan fingerprint density at radius 1 is 0.283 bits per heavy atom. The monoisotopic (exact) mass is 737 g/mol. The van der Waals surface area contributed by atoms with Gasteiger partial charge in [-0.05, 0) is 0 Å². The van der Waals surface area contributed by atoms with Gasteiger partial charge in [0.05, 0.1) is 0 Å². The van der Waals surface area contributed by atoms with Crippen LogP contribution in [0.2, 0.25) is 5.76 Å². The number of hydrogen-bond acceptors (Lipinski definition) is 3. The summed E-state index contributed by atoms with van der Waals surface area (Å²) in [4.78, 5) is 7.69. The summed E-state index contributed by atoms with van der Waals surface area (Å²) in [7, 11) is 0. The van der Waals surface area contributed by atoms with Crippen molar-refractivity contribution < 1.29 is 0 Å². The van der Waals surface area contributed by atoms with Gasteiger partial charge in [0.15, 0.2) is 0 Å². The fraction of sp³-hybridized carbons (Fsp3) is 0.0204. The van der Waals surface area contributed by atoms with Crippen LogP contribution in [0.25, 0.3) is 32.3 Å². The molecule has 0 amide bonds. The number of benzene rings is 9. The van der Waals surface area contributed by atoms with Crippen molar-refractivity contribution in [1.82, 2.24) is 0 Å². The molecule has 0 unspecified atom stereocenters. The fourth-order valence-electron chi connectivity index (χ4n) is 9.79. The van der Waals surface area contributed by atoms with Gasteiger partial charge in [-0.3, -0.25) is 0 Å². The third kappa shape index (κ3) is 3.89. The fourth-order valence-corrected chi connectivity index (χ4v) is 20.3. The van der Waals surface area contributed by atoms with Crippen LogP contribution in [0.1, 0.15) is 0 Å². The number of hydrogen-bond donors (Lipinski definition) is 0. The van der Waals surface area contributed by atoms with E-state index >= 15 is 0 Å². The number of rotatable bonds is 3. The Hall–Kier alpha value is -6.30. The molecule has 3 nitrogen and oxygen atoms in total. The molecule has 0 N–H and O–H groups in total. The molecule has 0 saturated heterocycles. The summed E-state index contributed by atoms with van der Waals surface area (Å²) in [6.07, 6.45) is 0. The average Bonchev–Trinajstić information content (AvgIpc) is 3.21. The van der Waals surface area contributed by atoms with Gasteiger partial charge in [-0.15, -0.1) is 0 Å². The van der Waals surface area contributed by atoms with Gasteiger partial charge in [-0.25, -0.2) is 0 Å². The predicted molar refractivity (Wildman–Crippen MR) is 227 cm³/mol. The van der Waals surface area contributed by atoms with Crippen LogP contribution in [0, 0.1) is 0 Å². The second-order valence-electron chi connectivity index (χ2n) is 14.7. The van der Waals surface area contributed by atoms with E-state index in [1.165, 1.54) is 96.7 Å². The molecule has 0 atom stereocenters. The molecule has 3 aliphatic heterocycles. The third-order valence-electron chi connectivity index (χ3n) is 12.0. The van der Waals surface area contributed by atoms with Crippen molar-refractivity contribution in [2.45, 2.75) is 5.76 Å². The van der Waals surface area contributed by atoms with Crippen LogP contribution in [0.3, 0.4) is 0 Å². The number of nitrogens with zero attached hydrogens (tertiary/aromatic N) is 3. The Kier molecular flexibility index (Phi) is 5.87. The molecule has 0 radical (unpaired) electrons. The van der Waals surface area contributed by atoms with Crippen LogP contribution in [0.4, 0.5) is 51.2 Å². The molecule has 0 aliphatic carbocycles. The standard InChI is InChI=1S/C49H33GeN3/c1-50-47-41-17-8-19-43(47)52(39-27-24-33-12-3-6-15-36(33)30-39)45-21-10-22-46(49(45)50)53(40-28-25-34-13-4-7-16-37(34)31-40)44-20-9-18-42(48(44)50)51(41)38-26-23-32-11-2-5-14-35(32)29-38/h2-31H,1H3. The van der Waals surface area contributed by atoms with Crippen molar-refractivity contribution in [2.75, 3.05) is 14.7 Å². The molecule has 3 aliphatic rings. The number of anilines is 9. The van der Waals surface area contributed by atoms with Crippen LogP contribution in [0.15, 0.2) is 182 Å². The van der Waals surface area contributed by atoms with E-state index in [2.05, 4.69) is 202 Å². The first-order chi connectivity index (χ1) is 26.2. The molecule has 0 bridgehead atoms. The van der Waals surface area contributed by atoms with Gasteiger partial charge in [0.25, 0.3) is 0 Å². The minimum atomic E-state index is -3.39. The maximum absolute atomic E-state index is 3.39. The van der Waals surface area contributed by atoms with Gasteiger partial charge >= 0.3 is 312 Å². The molecule has 9 aromatic rings. The zero-order valence-corrected chi connectivity index (χ0v) is 31.3. The summed E-state index contributed by atoms with van der Waals surface area (Å²) in [5.41, 5.74) is 11.4. The van der Waals surface area contributed by atoms with Crippen LogP contribution in [0.5, 0.6) is 0 Å². The first-order valence-corrected chi connectivity index (χ1v) is 23.7. The summed E-state index contributed by atoms with van der Waals surface area (Å²) >= 11 is -3.39. The first-order valence-electron chi connectivity index (χ1n) is 18.4. The molecule has 0 fully saturated rings. The third-order valence-corrected chi connectivity index (χ3v) is 21.5. The van der Waals surface area contributed by atoms with Crippen molar-refractivity contribution in [3.8, 4) is 0 Å². The second kappa shape index (κ2) is 10.6. The van der Waals surface area contributed by atoms with Gasteiger partial charge in [-0.1, -0.05) is 0 Å². The van der Waals surface area contributed by atoms with Crippen molar-refractivity contribution in [1.29, 1.82) is 0 Å². The summed E-state index contributed by atoms with van der Waals surface area (Å²) in [6.45, 7) is 0.